The van der Waals surface area contributed by atoms with Gasteiger partial charge in [0.2, 0.25) is 5.91 Å². The van der Waals surface area contributed by atoms with Gasteiger partial charge >= 0.3 is 0 Å². The van der Waals surface area contributed by atoms with Crippen LogP contribution in [0.5, 0.6) is 0 Å². The predicted molar refractivity (Wildman–Crippen MR) is 75.7 cm³/mol. The summed E-state index contributed by atoms with van der Waals surface area (Å²) in [7, 11) is -3.34. The molecule has 1 aromatic carbocycles. The first-order valence-corrected chi connectivity index (χ1v) is 8.13. The molecule has 3 N–H and O–H groups in total. The van der Waals surface area contributed by atoms with Gasteiger partial charge in [-0.1, -0.05) is 18.6 Å². The largest absolute Gasteiger partial charge is 0.330 e. The van der Waals surface area contributed by atoms with Gasteiger partial charge < -0.3 is 11.1 Å². The maximum atomic E-state index is 11.7. The third-order valence-electron chi connectivity index (χ3n) is 2.67. The Morgan fingerprint density at radius 2 is 1.89 bits per heavy atom. The van der Waals surface area contributed by atoms with Crippen molar-refractivity contribution in [3.63, 3.8) is 0 Å². The molecular formula is C13H20N2O3S. The standard InChI is InChI=1S/C13H20N2O3S/c1-19(17,18)12-8-5-4-7-11(12)15-13(16)9-3-2-6-10-14/h4-5,7-8H,2-3,6,9-10,14H2,1H3,(H,15,16). The summed E-state index contributed by atoms with van der Waals surface area (Å²) >= 11 is 0. The van der Waals surface area contributed by atoms with E-state index in [1.165, 1.54) is 6.07 Å². The maximum absolute atomic E-state index is 11.7. The molecule has 1 rings (SSSR count). The molecule has 1 amide bonds. The van der Waals surface area contributed by atoms with Gasteiger partial charge in [-0.25, -0.2) is 8.42 Å². The fraction of sp³-hybridized carbons (Fsp3) is 0.462. The Morgan fingerprint density at radius 3 is 2.53 bits per heavy atom. The lowest BCUT2D eigenvalue weighted by Crippen LogP contribution is -2.14. The van der Waals surface area contributed by atoms with E-state index in [1.807, 2.05) is 0 Å². The molecule has 0 aliphatic carbocycles. The van der Waals surface area contributed by atoms with Crippen LogP contribution in [0.25, 0.3) is 0 Å². The number of para-hydroxylation sites is 1. The van der Waals surface area contributed by atoms with Gasteiger partial charge in [0.25, 0.3) is 0 Å². The Kier molecular flexibility index (Phi) is 5.98. The van der Waals surface area contributed by atoms with Crippen LogP contribution in [-0.4, -0.2) is 27.1 Å². The lowest BCUT2D eigenvalue weighted by atomic mass is 10.2. The second-order valence-electron chi connectivity index (χ2n) is 4.42. The number of unbranched alkanes of at least 4 members (excludes halogenated alkanes) is 2. The number of sulfone groups is 1. The van der Waals surface area contributed by atoms with Gasteiger partial charge in [0.15, 0.2) is 9.84 Å². The summed E-state index contributed by atoms with van der Waals surface area (Å²) in [6.45, 7) is 0.624. The number of amides is 1. The van der Waals surface area contributed by atoms with Crippen molar-refractivity contribution in [1.29, 1.82) is 0 Å². The van der Waals surface area contributed by atoms with E-state index in [4.69, 9.17) is 5.73 Å². The first-order valence-electron chi connectivity index (χ1n) is 6.24. The van der Waals surface area contributed by atoms with Crippen molar-refractivity contribution in [2.75, 3.05) is 18.1 Å². The summed E-state index contributed by atoms with van der Waals surface area (Å²) in [6.07, 6.45) is 4.05. The molecule has 1 aromatic rings. The molecule has 0 bridgehead atoms. The van der Waals surface area contributed by atoms with E-state index in [0.717, 1.165) is 25.5 Å². The van der Waals surface area contributed by atoms with Crippen LogP contribution in [0.1, 0.15) is 25.7 Å². The van der Waals surface area contributed by atoms with E-state index in [1.54, 1.807) is 18.2 Å². The minimum atomic E-state index is -3.34. The number of nitrogens with one attached hydrogen (secondary N) is 1. The number of rotatable bonds is 7. The lowest BCUT2D eigenvalue weighted by Gasteiger charge is -2.09. The maximum Gasteiger partial charge on any atom is 0.224 e. The van der Waals surface area contributed by atoms with Gasteiger partial charge in [0.05, 0.1) is 10.6 Å². The molecule has 0 aliphatic heterocycles. The van der Waals surface area contributed by atoms with Crippen LogP contribution in [0.2, 0.25) is 0 Å². The van der Waals surface area contributed by atoms with Crippen molar-refractivity contribution in [1.82, 2.24) is 0 Å². The van der Waals surface area contributed by atoms with E-state index >= 15 is 0 Å². The molecule has 6 heteroatoms. The summed E-state index contributed by atoms with van der Waals surface area (Å²) in [4.78, 5) is 11.9. The van der Waals surface area contributed by atoms with E-state index < -0.39 is 9.84 Å². The predicted octanol–water partition coefficient (Wildman–Crippen LogP) is 1.55. The van der Waals surface area contributed by atoms with Gasteiger partial charge in [0.1, 0.15) is 0 Å². The third kappa shape index (κ3) is 5.40. The Labute approximate surface area is 114 Å². The third-order valence-corrected chi connectivity index (χ3v) is 3.82. The van der Waals surface area contributed by atoms with Gasteiger partial charge in [-0.3, -0.25) is 4.79 Å². The minimum absolute atomic E-state index is 0.144. The van der Waals surface area contributed by atoms with Crippen molar-refractivity contribution in [3.8, 4) is 0 Å². The summed E-state index contributed by atoms with van der Waals surface area (Å²) in [6, 6.07) is 6.40. The average Bonchev–Trinajstić information content (AvgIpc) is 2.34. The highest BCUT2D eigenvalue weighted by Crippen LogP contribution is 2.20. The molecule has 0 radical (unpaired) electrons. The van der Waals surface area contributed by atoms with Crippen LogP contribution < -0.4 is 11.1 Å². The molecule has 0 atom stereocenters. The van der Waals surface area contributed by atoms with Crippen molar-refractivity contribution < 1.29 is 13.2 Å². The summed E-state index contributed by atoms with van der Waals surface area (Å²) < 4.78 is 23.1. The van der Waals surface area contributed by atoms with E-state index in [2.05, 4.69) is 5.32 Å². The Morgan fingerprint density at radius 1 is 1.21 bits per heavy atom. The Balaban J connectivity index is 2.65. The van der Waals surface area contributed by atoms with Crippen molar-refractivity contribution >= 4 is 21.4 Å². The average molecular weight is 284 g/mol. The van der Waals surface area contributed by atoms with Crippen LogP contribution in [-0.2, 0) is 14.6 Å². The first kappa shape index (κ1) is 15.7. The molecule has 0 spiro atoms. The molecule has 0 aliphatic rings. The van der Waals surface area contributed by atoms with Gasteiger partial charge in [-0.2, -0.15) is 0 Å². The molecule has 0 aromatic heterocycles. The number of benzene rings is 1. The second kappa shape index (κ2) is 7.25. The fourth-order valence-electron chi connectivity index (χ4n) is 1.71. The van der Waals surface area contributed by atoms with E-state index in [9.17, 15) is 13.2 Å². The lowest BCUT2D eigenvalue weighted by molar-refractivity contribution is -0.116. The van der Waals surface area contributed by atoms with Crippen LogP contribution in [0.3, 0.4) is 0 Å². The molecule has 0 heterocycles. The summed E-state index contributed by atoms with van der Waals surface area (Å²) in [5.41, 5.74) is 5.71. The monoisotopic (exact) mass is 284 g/mol. The Bertz CT molecular complexity index is 526. The topological polar surface area (TPSA) is 89.3 Å². The van der Waals surface area contributed by atoms with Crippen LogP contribution in [0, 0.1) is 0 Å². The minimum Gasteiger partial charge on any atom is -0.330 e. The smallest absolute Gasteiger partial charge is 0.224 e. The molecule has 0 fully saturated rings. The zero-order valence-corrected chi connectivity index (χ0v) is 11.9. The SMILES string of the molecule is CS(=O)(=O)c1ccccc1NC(=O)CCCCCN. The molecule has 19 heavy (non-hydrogen) atoms. The van der Waals surface area contributed by atoms with Crippen molar-refractivity contribution in [2.24, 2.45) is 5.73 Å². The molecule has 0 unspecified atom stereocenters. The van der Waals surface area contributed by atoms with Gasteiger partial charge in [-0.15, -0.1) is 0 Å². The zero-order chi connectivity index (χ0) is 14.3. The van der Waals surface area contributed by atoms with Gasteiger partial charge in [-0.05, 0) is 31.5 Å². The molecular weight excluding hydrogens is 264 g/mol. The van der Waals surface area contributed by atoms with Crippen LogP contribution in [0.4, 0.5) is 5.69 Å². The molecule has 0 saturated carbocycles. The van der Waals surface area contributed by atoms with Crippen LogP contribution in [0.15, 0.2) is 29.2 Å². The van der Waals surface area contributed by atoms with Crippen molar-refractivity contribution in [2.45, 2.75) is 30.6 Å². The van der Waals surface area contributed by atoms with Crippen LogP contribution >= 0.6 is 0 Å². The number of carbonyl (C=O) groups excluding carboxylic acids is 1. The number of hydrogen-bond donors (Lipinski definition) is 2. The van der Waals surface area contributed by atoms with Gasteiger partial charge in [0, 0.05) is 12.7 Å². The second-order valence-corrected chi connectivity index (χ2v) is 6.40. The number of anilines is 1. The summed E-state index contributed by atoms with van der Waals surface area (Å²) in [5.74, 6) is -0.173. The highest BCUT2D eigenvalue weighted by molar-refractivity contribution is 7.90. The highest BCUT2D eigenvalue weighted by atomic mass is 32.2. The molecule has 5 nitrogen and oxygen atoms in total. The van der Waals surface area contributed by atoms with Crippen molar-refractivity contribution in [3.05, 3.63) is 24.3 Å². The number of hydrogen-bond acceptors (Lipinski definition) is 4. The molecule has 106 valence electrons. The zero-order valence-electron chi connectivity index (χ0n) is 11.1. The summed E-state index contributed by atoms with van der Waals surface area (Å²) in [5, 5.41) is 2.64. The number of nitrogens with two attached hydrogens (primary N) is 1. The van der Waals surface area contributed by atoms with E-state index in [-0.39, 0.29) is 10.8 Å². The van der Waals surface area contributed by atoms with E-state index in [0.29, 0.717) is 18.7 Å². The molecule has 0 saturated heterocycles. The highest BCUT2D eigenvalue weighted by Gasteiger charge is 2.14. The quantitative estimate of drug-likeness (QED) is 0.743. The Hall–Kier alpha value is -1.40. The normalized spacial score (nSPS) is 11.3. The number of carbonyl (C=O) groups is 1. The first-order chi connectivity index (χ1) is 8.95. The fourth-order valence-corrected chi connectivity index (χ4v) is 2.56.